The maximum Gasteiger partial charge on any atom is 0.0946 e. The summed E-state index contributed by atoms with van der Waals surface area (Å²) < 4.78 is 0. The van der Waals surface area contributed by atoms with E-state index in [2.05, 4.69) is 49.4 Å². The average Bonchev–Trinajstić information content (AvgIpc) is 2.74. The summed E-state index contributed by atoms with van der Waals surface area (Å²) >= 11 is 0. The molecule has 0 aliphatic carbocycles. The number of hydrogen-bond acceptors (Lipinski definition) is 9. The van der Waals surface area contributed by atoms with E-state index in [1.54, 1.807) is 0 Å². The van der Waals surface area contributed by atoms with E-state index in [1.807, 2.05) is 12.1 Å². The first-order chi connectivity index (χ1) is 14.6. The maximum absolute atomic E-state index is 6.66. The lowest BCUT2D eigenvalue weighted by Crippen LogP contribution is -2.68. The van der Waals surface area contributed by atoms with Crippen LogP contribution >= 0.6 is 0 Å². The van der Waals surface area contributed by atoms with E-state index in [-0.39, 0.29) is 11.2 Å². The molecule has 0 atom stereocenters. The van der Waals surface area contributed by atoms with Crippen molar-refractivity contribution in [2.24, 2.45) is 5.73 Å². The number of anilines is 1. The van der Waals surface area contributed by atoms with Gasteiger partial charge in [0.2, 0.25) is 0 Å². The van der Waals surface area contributed by atoms with Gasteiger partial charge in [0.15, 0.2) is 0 Å². The maximum atomic E-state index is 6.66. The smallest absolute Gasteiger partial charge is 0.0946 e. The third-order valence-corrected chi connectivity index (χ3v) is 5.85. The Kier molecular flexibility index (Phi) is 9.28. The van der Waals surface area contributed by atoms with E-state index in [0.29, 0.717) is 0 Å². The van der Waals surface area contributed by atoms with E-state index in [1.165, 1.54) is 5.56 Å². The highest BCUT2D eigenvalue weighted by Gasteiger charge is 2.29. The Morgan fingerprint density at radius 1 is 0.733 bits per heavy atom. The molecule has 9 nitrogen and oxygen atoms in total. The van der Waals surface area contributed by atoms with Crippen LogP contribution in [-0.4, -0.2) is 83.2 Å². The van der Waals surface area contributed by atoms with Gasteiger partial charge in [0.1, 0.15) is 0 Å². The quantitative estimate of drug-likeness (QED) is 0.248. The third kappa shape index (κ3) is 7.75. The molecule has 0 saturated carbocycles. The SMILES string of the molecule is Nc1ccc(CNC23CNCCNCC(N)(CNCCCN2)CNCCNC3)cc1. The van der Waals surface area contributed by atoms with Gasteiger partial charge in [-0.1, -0.05) is 12.1 Å². The monoisotopic (exact) mass is 419 g/mol. The first-order valence-corrected chi connectivity index (χ1v) is 11.3. The Hall–Kier alpha value is -1.30. The largest absolute Gasteiger partial charge is 0.399 e. The standard InChI is InChI=1S/C21H41N9/c22-19-4-2-18(3-5-19)12-30-21-16-27-10-8-25-14-20(23,13-24-6-1-7-29-21)15-26-9-11-28-17-21/h2-5,24-30H,1,6-17,22-23H2. The highest BCUT2D eigenvalue weighted by molar-refractivity contribution is 5.39. The zero-order valence-electron chi connectivity index (χ0n) is 18.2. The molecular formula is C21H41N9. The zero-order valence-corrected chi connectivity index (χ0v) is 18.2. The van der Waals surface area contributed by atoms with Gasteiger partial charge < -0.3 is 38.1 Å². The molecule has 30 heavy (non-hydrogen) atoms. The molecule has 3 aliphatic rings. The fourth-order valence-corrected chi connectivity index (χ4v) is 3.98. The van der Waals surface area contributed by atoms with Crippen LogP contribution in [-0.2, 0) is 6.54 Å². The van der Waals surface area contributed by atoms with Crippen LogP contribution in [0.25, 0.3) is 0 Å². The van der Waals surface area contributed by atoms with E-state index < -0.39 is 0 Å². The zero-order chi connectivity index (χ0) is 21.1. The minimum Gasteiger partial charge on any atom is -0.399 e. The Morgan fingerprint density at radius 2 is 1.27 bits per heavy atom. The van der Waals surface area contributed by atoms with Crippen LogP contribution in [0, 0.1) is 0 Å². The average molecular weight is 420 g/mol. The highest BCUT2D eigenvalue weighted by atomic mass is 15.3. The number of rotatable bonds is 3. The molecule has 3 saturated heterocycles. The molecule has 9 heteroatoms. The van der Waals surface area contributed by atoms with E-state index in [4.69, 9.17) is 11.5 Å². The normalized spacial score (nSPS) is 30.4. The van der Waals surface area contributed by atoms with Gasteiger partial charge in [-0.2, -0.15) is 0 Å². The number of hydrogen-bond donors (Lipinski definition) is 9. The van der Waals surface area contributed by atoms with Gasteiger partial charge in [0, 0.05) is 71.1 Å². The van der Waals surface area contributed by atoms with Crippen molar-refractivity contribution in [1.29, 1.82) is 0 Å². The Morgan fingerprint density at radius 3 is 1.87 bits per heavy atom. The molecule has 2 bridgehead atoms. The van der Waals surface area contributed by atoms with Gasteiger partial charge in [-0.05, 0) is 37.2 Å². The minimum atomic E-state index is -0.286. The molecule has 4 rings (SSSR count). The van der Waals surface area contributed by atoms with E-state index >= 15 is 0 Å². The first kappa shape index (κ1) is 23.4. The molecule has 3 aliphatic heterocycles. The molecule has 3 heterocycles. The summed E-state index contributed by atoms with van der Waals surface area (Å²) in [6.07, 6.45) is 1.04. The number of fused-ring (bicyclic) bond motifs is 15. The second-order valence-electron chi connectivity index (χ2n) is 8.70. The van der Waals surface area contributed by atoms with Crippen LogP contribution in [0.1, 0.15) is 12.0 Å². The fraction of sp³-hybridized carbons (Fsp3) is 0.714. The fourth-order valence-electron chi connectivity index (χ4n) is 3.98. The van der Waals surface area contributed by atoms with Gasteiger partial charge in [-0.3, -0.25) is 10.6 Å². The second-order valence-corrected chi connectivity index (χ2v) is 8.70. The van der Waals surface area contributed by atoms with Gasteiger partial charge in [-0.25, -0.2) is 0 Å². The lowest BCUT2D eigenvalue weighted by Gasteiger charge is -2.38. The van der Waals surface area contributed by atoms with Gasteiger partial charge >= 0.3 is 0 Å². The van der Waals surface area contributed by atoms with Crippen molar-refractivity contribution in [3.8, 4) is 0 Å². The molecule has 0 spiro atoms. The Labute approximate surface area is 180 Å². The topological polar surface area (TPSA) is 136 Å². The van der Waals surface area contributed by atoms with Gasteiger partial charge in [0.05, 0.1) is 11.2 Å². The Bertz CT molecular complexity index is 563. The van der Waals surface area contributed by atoms with Crippen molar-refractivity contribution >= 4 is 5.69 Å². The molecule has 1 aromatic carbocycles. The summed E-state index contributed by atoms with van der Waals surface area (Å²) in [7, 11) is 0. The summed E-state index contributed by atoms with van der Waals surface area (Å²) in [5, 5.41) is 25.5. The number of nitrogens with one attached hydrogen (secondary N) is 7. The Balaban J connectivity index is 1.70. The van der Waals surface area contributed by atoms with Crippen LogP contribution in [0.3, 0.4) is 0 Å². The summed E-state index contributed by atoms with van der Waals surface area (Å²) in [4.78, 5) is 0. The molecular weight excluding hydrogens is 378 g/mol. The molecule has 170 valence electrons. The summed E-state index contributed by atoms with van der Waals surface area (Å²) in [5.41, 5.74) is 14.0. The molecule has 0 amide bonds. The molecule has 11 N–H and O–H groups in total. The van der Waals surface area contributed by atoms with Crippen molar-refractivity contribution in [2.45, 2.75) is 24.2 Å². The first-order valence-electron chi connectivity index (χ1n) is 11.3. The van der Waals surface area contributed by atoms with E-state index in [9.17, 15) is 0 Å². The van der Waals surface area contributed by atoms with Gasteiger partial charge in [0.25, 0.3) is 0 Å². The van der Waals surface area contributed by atoms with Crippen LogP contribution < -0.4 is 48.7 Å². The second kappa shape index (κ2) is 11.9. The van der Waals surface area contributed by atoms with Crippen molar-refractivity contribution in [2.75, 3.05) is 77.7 Å². The summed E-state index contributed by atoms with van der Waals surface area (Å²) in [6.45, 7) is 10.3. The van der Waals surface area contributed by atoms with Crippen molar-refractivity contribution in [3.05, 3.63) is 29.8 Å². The van der Waals surface area contributed by atoms with Crippen LogP contribution in [0.5, 0.6) is 0 Å². The lowest BCUT2D eigenvalue weighted by atomic mass is 10.0. The van der Waals surface area contributed by atoms with E-state index in [0.717, 1.165) is 90.6 Å². The van der Waals surface area contributed by atoms with Crippen LogP contribution in [0.15, 0.2) is 24.3 Å². The third-order valence-electron chi connectivity index (χ3n) is 5.85. The highest BCUT2D eigenvalue weighted by Crippen LogP contribution is 2.08. The molecule has 0 radical (unpaired) electrons. The number of nitrogens with two attached hydrogens (primary N) is 2. The van der Waals surface area contributed by atoms with Crippen molar-refractivity contribution in [3.63, 3.8) is 0 Å². The van der Waals surface area contributed by atoms with Gasteiger partial charge in [-0.15, -0.1) is 0 Å². The minimum absolute atomic E-state index is 0.243. The molecule has 3 fully saturated rings. The van der Waals surface area contributed by atoms with Crippen LogP contribution in [0.4, 0.5) is 5.69 Å². The number of nitrogen functional groups attached to an aromatic ring is 1. The predicted molar refractivity (Wildman–Crippen MR) is 124 cm³/mol. The number of benzene rings is 1. The van der Waals surface area contributed by atoms with Crippen molar-refractivity contribution in [1.82, 2.24) is 37.2 Å². The summed E-state index contributed by atoms with van der Waals surface area (Å²) in [6, 6.07) is 8.09. The van der Waals surface area contributed by atoms with Crippen molar-refractivity contribution < 1.29 is 0 Å². The predicted octanol–water partition coefficient (Wildman–Crippen LogP) is -2.29. The molecule has 0 unspecified atom stereocenters. The molecule has 0 aromatic heterocycles. The lowest BCUT2D eigenvalue weighted by molar-refractivity contribution is 0.227. The van der Waals surface area contributed by atoms with Crippen LogP contribution in [0.2, 0.25) is 0 Å². The molecule has 1 aromatic rings. The summed E-state index contributed by atoms with van der Waals surface area (Å²) in [5.74, 6) is 0.